The standard InChI is InChI=1S/C9H20N2O/c1-8(12)7-11(6-5-10)9-3-2-4-9/h8-9,12H,2-7,10H2,1H3. The fourth-order valence-electron chi connectivity index (χ4n) is 1.68. The van der Waals surface area contributed by atoms with Crippen molar-refractivity contribution in [3.05, 3.63) is 0 Å². The highest BCUT2D eigenvalue weighted by molar-refractivity contribution is 4.80. The maximum Gasteiger partial charge on any atom is 0.0639 e. The van der Waals surface area contributed by atoms with E-state index < -0.39 is 0 Å². The van der Waals surface area contributed by atoms with Crippen LogP contribution in [0.3, 0.4) is 0 Å². The van der Waals surface area contributed by atoms with Gasteiger partial charge in [-0.25, -0.2) is 0 Å². The molecular formula is C9H20N2O. The Kier molecular flexibility index (Phi) is 3.98. The van der Waals surface area contributed by atoms with Crippen LogP contribution in [0.2, 0.25) is 0 Å². The number of aliphatic hydroxyl groups is 1. The summed E-state index contributed by atoms with van der Waals surface area (Å²) in [6.07, 6.45) is 3.68. The van der Waals surface area contributed by atoms with Crippen molar-refractivity contribution < 1.29 is 5.11 Å². The van der Waals surface area contributed by atoms with Crippen LogP contribution < -0.4 is 5.73 Å². The lowest BCUT2D eigenvalue weighted by molar-refractivity contribution is 0.0691. The van der Waals surface area contributed by atoms with Gasteiger partial charge in [-0.3, -0.25) is 4.90 Å². The van der Waals surface area contributed by atoms with Gasteiger partial charge < -0.3 is 10.8 Å². The van der Waals surface area contributed by atoms with Crippen LogP contribution >= 0.6 is 0 Å². The van der Waals surface area contributed by atoms with E-state index in [9.17, 15) is 5.11 Å². The van der Waals surface area contributed by atoms with Gasteiger partial charge in [-0.05, 0) is 19.8 Å². The SMILES string of the molecule is CC(O)CN(CCN)C1CCC1. The molecule has 1 aliphatic carbocycles. The minimum Gasteiger partial charge on any atom is -0.392 e. The van der Waals surface area contributed by atoms with Gasteiger partial charge in [0.1, 0.15) is 0 Å². The van der Waals surface area contributed by atoms with E-state index in [1.165, 1.54) is 19.3 Å². The molecule has 0 heterocycles. The van der Waals surface area contributed by atoms with Gasteiger partial charge in [0.05, 0.1) is 6.10 Å². The van der Waals surface area contributed by atoms with Crippen LogP contribution in [0.1, 0.15) is 26.2 Å². The van der Waals surface area contributed by atoms with Gasteiger partial charge >= 0.3 is 0 Å². The van der Waals surface area contributed by atoms with E-state index >= 15 is 0 Å². The Hall–Kier alpha value is -0.120. The first kappa shape index (κ1) is 9.96. The van der Waals surface area contributed by atoms with Gasteiger partial charge in [-0.1, -0.05) is 6.42 Å². The number of rotatable bonds is 5. The third-order valence-electron chi connectivity index (χ3n) is 2.51. The number of hydrogen-bond acceptors (Lipinski definition) is 3. The van der Waals surface area contributed by atoms with E-state index in [0.717, 1.165) is 13.1 Å². The maximum absolute atomic E-state index is 9.24. The smallest absolute Gasteiger partial charge is 0.0639 e. The predicted octanol–water partition coefficient (Wildman–Crippen LogP) is 0.180. The predicted molar refractivity (Wildman–Crippen MR) is 49.9 cm³/mol. The Morgan fingerprint density at radius 2 is 2.25 bits per heavy atom. The quantitative estimate of drug-likeness (QED) is 0.622. The molecule has 0 aromatic heterocycles. The largest absolute Gasteiger partial charge is 0.392 e. The van der Waals surface area contributed by atoms with Gasteiger partial charge in [-0.2, -0.15) is 0 Å². The van der Waals surface area contributed by atoms with Crippen LogP contribution in [0.4, 0.5) is 0 Å². The molecule has 0 saturated heterocycles. The Balaban J connectivity index is 2.26. The van der Waals surface area contributed by atoms with Gasteiger partial charge in [0.2, 0.25) is 0 Å². The van der Waals surface area contributed by atoms with Crippen LogP contribution in [-0.2, 0) is 0 Å². The van der Waals surface area contributed by atoms with Crippen LogP contribution in [0.25, 0.3) is 0 Å². The van der Waals surface area contributed by atoms with Crippen molar-refractivity contribution in [2.75, 3.05) is 19.6 Å². The number of aliphatic hydroxyl groups excluding tert-OH is 1. The molecule has 0 spiro atoms. The second-order valence-electron chi connectivity index (χ2n) is 3.72. The zero-order chi connectivity index (χ0) is 8.97. The van der Waals surface area contributed by atoms with Gasteiger partial charge in [0, 0.05) is 25.7 Å². The highest BCUT2D eigenvalue weighted by Gasteiger charge is 2.24. The van der Waals surface area contributed by atoms with Crippen LogP contribution in [0.5, 0.6) is 0 Å². The Bertz CT molecular complexity index is 124. The van der Waals surface area contributed by atoms with E-state index in [0.29, 0.717) is 12.6 Å². The lowest BCUT2D eigenvalue weighted by atomic mass is 9.91. The molecule has 0 aromatic rings. The van der Waals surface area contributed by atoms with Gasteiger partial charge in [-0.15, -0.1) is 0 Å². The minimum atomic E-state index is -0.225. The van der Waals surface area contributed by atoms with Crippen molar-refractivity contribution in [2.45, 2.75) is 38.3 Å². The first-order valence-corrected chi connectivity index (χ1v) is 4.86. The lowest BCUT2D eigenvalue weighted by Gasteiger charge is -2.38. The summed E-state index contributed by atoms with van der Waals surface area (Å²) in [6, 6.07) is 0.697. The topological polar surface area (TPSA) is 49.5 Å². The van der Waals surface area contributed by atoms with Crippen molar-refractivity contribution in [3.8, 4) is 0 Å². The van der Waals surface area contributed by atoms with Crippen molar-refractivity contribution in [1.29, 1.82) is 0 Å². The molecule has 0 radical (unpaired) electrons. The van der Waals surface area contributed by atoms with Crippen LogP contribution in [0.15, 0.2) is 0 Å². The van der Waals surface area contributed by atoms with E-state index in [1.807, 2.05) is 6.92 Å². The summed E-state index contributed by atoms with van der Waals surface area (Å²) in [5, 5.41) is 9.24. The maximum atomic E-state index is 9.24. The third kappa shape index (κ3) is 2.73. The molecule has 1 fully saturated rings. The number of nitrogens with zero attached hydrogens (tertiary/aromatic N) is 1. The molecule has 0 bridgehead atoms. The van der Waals surface area contributed by atoms with Crippen LogP contribution in [-0.4, -0.2) is 41.8 Å². The summed E-state index contributed by atoms with van der Waals surface area (Å²) >= 11 is 0. The molecule has 0 aliphatic heterocycles. The zero-order valence-corrected chi connectivity index (χ0v) is 7.87. The highest BCUT2D eigenvalue weighted by Crippen LogP contribution is 2.24. The van der Waals surface area contributed by atoms with E-state index in [2.05, 4.69) is 4.90 Å². The third-order valence-corrected chi connectivity index (χ3v) is 2.51. The molecule has 72 valence electrons. The molecule has 0 aromatic carbocycles. The summed E-state index contributed by atoms with van der Waals surface area (Å²) in [6.45, 7) is 4.24. The molecule has 1 aliphatic rings. The molecule has 3 nitrogen and oxygen atoms in total. The molecule has 1 saturated carbocycles. The average Bonchev–Trinajstić information content (AvgIpc) is 1.81. The Labute approximate surface area is 74.5 Å². The first-order chi connectivity index (χ1) is 5.74. The molecule has 0 amide bonds. The number of nitrogens with two attached hydrogens (primary N) is 1. The summed E-state index contributed by atoms with van der Waals surface area (Å²) in [4.78, 5) is 2.31. The van der Waals surface area contributed by atoms with Gasteiger partial charge in [0.25, 0.3) is 0 Å². The van der Waals surface area contributed by atoms with Crippen LogP contribution in [0, 0.1) is 0 Å². The van der Waals surface area contributed by atoms with Crippen molar-refractivity contribution in [1.82, 2.24) is 4.90 Å². The molecule has 3 heteroatoms. The molecular weight excluding hydrogens is 152 g/mol. The minimum absolute atomic E-state index is 0.225. The van der Waals surface area contributed by atoms with E-state index in [4.69, 9.17) is 5.73 Å². The van der Waals surface area contributed by atoms with Crippen molar-refractivity contribution in [3.63, 3.8) is 0 Å². The molecule has 1 rings (SSSR count). The first-order valence-electron chi connectivity index (χ1n) is 4.86. The Morgan fingerprint density at radius 3 is 2.58 bits per heavy atom. The van der Waals surface area contributed by atoms with Crippen molar-refractivity contribution >= 4 is 0 Å². The molecule has 12 heavy (non-hydrogen) atoms. The van der Waals surface area contributed by atoms with Gasteiger partial charge in [0.15, 0.2) is 0 Å². The normalized spacial score (nSPS) is 21.0. The second kappa shape index (κ2) is 4.80. The second-order valence-corrected chi connectivity index (χ2v) is 3.72. The van der Waals surface area contributed by atoms with Crippen molar-refractivity contribution in [2.24, 2.45) is 5.73 Å². The summed E-state index contributed by atoms with van der Waals surface area (Å²) in [7, 11) is 0. The average molecular weight is 172 g/mol. The lowest BCUT2D eigenvalue weighted by Crippen LogP contribution is -2.45. The summed E-state index contributed by atoms with van der Waals surface area (Å²) in [5.41, 5.74) is 5.50. The van der Waals surface area contributed by atoms with E-state index in [1.54, 1.807) is 0 Å². The fraction of sp³-hybridized carbons (Fsp3) is 1.00. The monoisotopic (exact) mass is 172 g/mol. The Morgan fingerprint density at radius 1 is 1.58 bits per heavy atom. The number of hydrogen-bond donors (Lipinski definition) is 2. The molecule has 1 atom stereocenters. The zero-order valence-electron chi connectivity index (χ0n) is 7.87. The highest BCUT2D eigenvalue weighted by atomic mass is 16.3. The fourth-order valence-corrected chi connectivity index (χ4v) is 1.68. The molecule has 3 N–H and O–H groups in total. The molecule has 1 unspecified atom stereocenters. The summed E-state index contributed by atoms with van der Waals surface area (Å²) < 4.78 is 0. The summed E-state index contributed by atoms with van der Waals surface area (Å²) in [5.74, 6) is 0. The van der Waals surface area contributed by atoms with E-state index in [-0.39, 0.29) is 6.10 Å².